The van der Waals surface area contributed by atoms with Crippen molar-refractivity contribution in [1.29, 1.82) is 0 Å². The lowest BCUT2D eigenvalue weighted by Gasteiger charge is -2.23. The number of benzene rings is 1. The Labute approximate surface area is 170 Å². The molecule has 2 aliphatic rings. The quantitative estimate of drug-likeness (QED) is 0.644. The Kier molecular flexibility index (Phi) is 6.29. The lowest BCUT2D eigenvalue weighted by molar-refractivity contribution is 0.125. The Bertz CT molecular complexity index is 821. The number of aromatic nitrogens is 2. The molecule has 1 aromatic heterocycles. The number of amides is 2. The molecule has 8 heteroatoms. The molecular weight excluding hydrogens is 372 g/mol. The highest BCUT2D eigenvalue weighted by atomic mass is 16.5. The van der Waals surface area contributed by atoms with Gasteiger partial charge >= 0.3 is 6.03 Å². The monoisotopic (exact) mass is 400 g/mol. The first-order valence-electron chi connectivity index (χ1n) is 10.4. The van der Waals surface area contributed by atoms with Crippen molar-refractivity contribution in [2.45, 2.75) is 45.1 Å². The zero-order valence-corrected chi connectivity index (χ0v) is 16.8. The smallest absolute Gasteiger partial charge is 0.322 e. The molecule has 4 rings (SSSR count). The number of urea groups is 1. The van der Waals surface area contributed by atoms with E-state index in [-0.39, 0.29) is 12.1 Å². The maximum Gasteiger partial charge on any atom is 0.322 e. The zero-order chi connectivity index (χ0) is 20.1. The fourth-order valence-corrected chi connectivity index (χ4v) is 3.51. The maximum atomic E-state index is 12.9. The summed E-state index contributed by atoms with van der Waals surface area (Å²) in [5.41, 5.74) is 0.657. The molecule has 1 aliphatic carbocycles. The number of nitrogens with one attached hydrogen (secondary N) is 1. The van der Waals surface area contributed by atoms with Gasteiger partial charge in [-0.2, -0.15) is 4.98 Å². The van der Waals surface area contributed by atoms with Crippen molar-refractivity contribution in [3.63, 3.8) is 0 Å². The van der Waals surface area contributed by atoms with Crippen molar-refractivity contribution >= 4 is 11.7 Å². The van der Waals surface area contributed by atoms with E-state index in [1.807, 2.05) is 31.2 Å². The van der Waals surface area contributed by atoms with Crippen molar-refractivity contribution in [1.82, 2.24) is 15.0 Å². The highest BCUT2D eigenvalue weighted by molar-refractivity contribution is 5.91. The molecule has 2 fully saturated rings. The summed E-state index contributed by atoms with van der Waals surface area (Å²) in [5, 5.41) is 7.02. The molecule has 1 aliphatic heterocycles. The van der Waals surface area contributed by atoms with Gasteiger partial charge in [-0.25, -0.2) is 4.79 Å². The number of para-hydroxylation sites is 2. The van der Waals surface area contributed by atoms with Gasteiger partial charge in [0.25, 0.3) is 0 Å². The number of nitrogens with zero attached hydrogens (tertiary/aromatic N) is 3. The van der Waals surface area contributed by atoms with Gasteiger partial charge < -0.3 is 24.2 Å². The Morgan fingerprint density at radius 3 is 3.00 bits per heavy atom. The molecule has 8 nitrogen and oxygen atoms in total. The fourth-order valence-electron chi connectivity index (χ4n) is 3.51. The second-order valence-electron chi connectivity index (χ2n) is 7.53. The fraction of sp³-hybridized carbons (Fsp3) is 0.571. The van der Waals surface area contributed by atoms with Gasteiger partial charge in [0, 0.05) is 19.6 Å². The van der Waals surface area contributed by atoms with E-state index in [0.29, 0.717) is 49.3 Å². The minimum Gasteiger partial charge on any atom is -0.492 e. The van der Waals surface area contributed by atoms with Crippen LogP contribution < -0.4 is 10.1 Å². The Hall–Kier alpha value is -2.61. The van der Waals surface area contributed by atoms with Crippen molar-refractivity contribution in [3.8, 4) is 5.75 Å². The van der Waals surface area contributed by atoms with Crippen molar-refractivity contribution in [3.05, 3.63) is 36.0 Å². The van der Waals surface area contributed by atoms with Gasteiger partial charge in [0.05, 0.1) is 18.9 Å². The Morgan fingerprint density at radius 1 is 1.31 bits per heavy atom. The molecule has 0 spiro atoms. The van der Waals surface area contributed by atoms with Crippen LogP contribution in [0.1, 0.15) is 50.4 Å². The highest BCUT2D eigenvalue weighted by Gasteiger charge is 2.34. The molecular formula is C21H28N4O4. The summed E-state index contributed by atoms with van der Waals surface area (Å²) in [7, 11) is 0. The van der Waals surface area contributed by atoms with E-state index in [1.165, 1.54) is 12.8 Å². The lowest BCUT2D eigenvalue weighted by Crippen LogP contribution is -2.34. The van der Waals surface area contributed by atoms with Crippen molar-refractivity contribution < 1.29 is 18.8 Å². The van der Waals surface area contributed by atoms with E-state index < -0.39 is 0 Å². The van der Waals surface area contributed by atoms with Crippen LogP contribution in [0.2, 0.25) is 0 Å². The van der Waals surface area contributed by atoms with E-state index in [4.69, 9.17) is 14.0 Å². The van der Waals surface area contributed by atoms with Crippen LogP contribution >= 0.6 is 0 Å². The minimum atomic E-state index is -0.206. The van der Waals surface area contributed by atoms with E-state index in [1.54, 1.807) is 4.90 Å². The molecule has 0 radical (unpaired) electrons. The largest absolute Gasteiger partial charge is 0.492 e. The first-order valence-corrected chi connectivity index (χ1v) is 10.4. The number of likely N-dealkylation sites (tertiary alicyclic amines) is 1. The van der Waals surface area contributed by atoms with E-state index in [2.05, 4.69) is 15.5 Å². The van der Waals surface area contributed by atoms with Crippen LogP contribution in [0.15, 0.2) is 28.8 Å². The first kappa shape index (κ1) is 19.7. The summed E-state index contributed by atoms with van der Waals surface area (Å²) in [6.07, 6.45) is 4.88. The van der Waals surface area contributed by atoms with E-state index >= 15 is 0 Å². The van der Waals surface area contributed by atoms with E-state index in [0.717, 1.165) is 25.4 Å². The van der Waals surface area contributed by atoms with Crippen LogP contribution in [0.3, 0.4) is 0 Å². The number of hydrogen-bond acceptors (Lipinski definition) is 6. The number of carbonyl (C=O) groups excluding carboxylic acids is 1. The lowest BCUT2D eigenvalue weighted by atomic mass is 10.2. The highest BCUT2D eigenvalue weighted by Crippen LogP contribution is 2.33. The second-order valence-corrected chi connectivity index (χ2v) is 7.53. The number of rotatable bonds is 9. The van der Waals surface area contributed by atoms with Crippen LogP contribution in [-0.4, -0.2) is 47.4 Å². The molecule has 2 aromatic rings. The van der Waals surface area contributed by atoms with Gasteiger partial charge in [-0.05, 0) is 50.7 Å². The van der Waals surface area contributed by atoms with Gasteiger partial charge in [-0.1, -0.05) is 17.3 Å². The molecule has 1 N–H and O–H groups in total. The van der Waals surface area contributed by atoms with Crippen LogP contribution in [0.4, 0.5) is 10.5 Å². The number of carbonyl (C=O) groups is 1. The average molecular weight is 400 g/mol. The molecule has 29 heavy (non-hydrogen) atoms. The average Bonchev–Trinajstić information content (AvgIpc) is 3.22. The third kappa shape index (κ3) is 5.06. The molecule has 1 saturated carbocycles. The predicted octanol–water partition coefficient (Wildman–Crippen LogP) is 3.81. The molecule has 0 bridgehead atoms. The summed E-state index contributed by atoms with van der Waals surface area (Å²) in [5.74, 6) is 2.53. The normalized spacial score (nSPS) is 18.8. The standard InChI is InChI=1S/C21H28N4O4/c1-2-28-18-8-4-3-6-16(18)22-21(26)25-12-5-7-17(25)20-23-19(24-29-20)11-13-27-14-15-9-10-15/h3-4,6,8,15,17H,2,5,7,9-14H2,1H3,(H,22,26). The van der Waals surface area contributed by atoms with Gasteiger partial charge in [0.15, 0.2) is 5.82 Å². The molecule has 2 amide bonds. The summed E-state index contributed by atoms with van der Waals surface area (Å²) in [6, 6.07) is 7.04. The number of ether oxygens (including phenoxy) is 2. The molecule has 156 valence electrons. The molecule has 1 aromatic carbocycles. The molecule has 1 unspecified atom stereocenters. The minimum absolute atomic E-state index is 0.188. The maximum absolute atomic E-state index is 12.9. The van der Waals surface area contributed by atoms with Gasteiger partial charge in [0.1, 0.15) is 11.8 Å². The second kappa shape index (κ2) is 9.26. The summed E-state index contributed by atoms with van der Waals surface area (Å²) in [4.78, 5) is 19.2. The summed E-state index contributed by atoms with van der Waals surface area (Å²) < 4.78 is 16.7. The number of hydrogen-bond donors (Lipinski definition) is 1. The van der Waals surface area contributed by atoms with Crippen molar-refractivity contribution in [2.75, 3.05) is 31.7 Å². The van der Waals surface area contributed by atoms with E-state index in [9.17, 15) is 4.79 Å². The van der Waals surface area contributed by atoms with Crippen LogP contribution in [0, 0.1) is 5.92 Å². The topological polar surface area (TPSA) is 89.7 Å². The third-order valence-corrected chi connectivity index (χ3v) is 5.23. The van der Waals surface area contributed by atoms with Gasteiger partial charge in [0.2, 0.25) is 5.89 Å². The van der Waals surface area contributed by atoms with Gasteiger partial charge in [-0.15, -0.1) is 0 Å². The van der Waals surface area contributed by atoms with Crippen LogP contribution in [-0.2, 0) is 11.2 Å². The zero-order valence-electron chi connectivity index (χ0n) is 16.8. The van der Waals surface area contributed by atoms with Crippen LogP contribution in [0.25, 0.3) is 0 Å². The SMILES string of the molecule is CCOc1ccccc1NC(=O)N1CCCC1c1nc(CCOCC2CC2)no1. The molecule has 1 atom stereocenters. The number of anilines is 1. The first-order chi connectivity index (χ1) is 14.2. The third-order valence-electron chi connectivity index (χ3n) is 5.23. The Morgan fingerprint density at radius 2 is 2.17 bits per heavy atom. The molecule has 1 saturated heterocycles. The summed E-state index contributed by atoms with van der Waals surface area (Å²) >= 11 is 0. The summed E-state index contributed by atoms with van der Waals surface area (Å²) in [6.45, 7) is 4.52. The molecule has 2 heterocycles. The Balaban J connectivity index is 1.35. The van der Waals surface area contributed by atoms with Gasteiger partial charge in [-0.3, -0.25) is 0 Å². The van der Waals surface area contributed by atoms with Crippen LogP contribution in [0.5, 0.6) is 5.75 Å². The predicted molar refractivity (Wildman–Crippen MR) is 107 cm³/mol. The van der Waals surface area contributed by atoms with Crippen molar-refractivity contribution in [2.24, 2.45) is 5.92 Å².